The zero-order valence-corrected chi connectivity index (χ0v) is 8.87. The highest BCUT2D eigenvalue weighted by Gasteiger charge is 2.04. The number of hydrogen-bond acceptors (Lipinski definition) is 3. The zero-order chi connectivity index (χ0) is 10.3. The number of rotatable bonds is 4. The molecule has 0 saturated carbocycles. The fourth-order valence-corrected chi connectivity index (χ4v) is 0.883. The maximum atomic E-state index is 5.33. The lowest BCUT2D eigenvalue weighted by Gasteiger charge is -2.19. The van der Waals surface area contributed by atoms with Gasteiger partial charge >= 0.3 is 0 Å². The number of hydrazine groups is 1. The summed E-state index contributed by atoms with van der Waals surface area (Å²) in [5.74, 6) is 6.02. The highest BCUT2D eigenvalue weighted by atomic mass is 16.5. The van der Waals surface area contributed by atoms with Crippen LogP contribution in [-0.4, -0.2) is 44.2 Å². The van der Waals surface area contributed by atoms with Crippen LogP contribution in [0, 0.1) is 0 Å². The van der Waals surface area contributed by atoms with E-state index < -0.39 is 0 Å². The molecule has 1 unspecified atom stereocenters. The van der Waals surface area contributed by atoms with Gasteiger partial charge in [0.15, 0.2) is 0 Å². The highest BCUT2D eigenvalue weighted by molar-refractivity contribution is 5.79. The van der Waals surface area contributed by atoms with Crippen molar-refractivity contribution in [3.8, 4) is 0 Å². The average Bonchev–Trinajstić information content (AvgIpc) is 2.13. The van der Waals surface area contributed by atoms with Gasteiger partial charge in [-0.25, -0.2) is 10.8 Å². The Morgan fingerprint density at radius 3 is 2.69 bits per heavy atom. The molecule has 0 amide bonds. The maximum Gasteiger partial charge on any atom is 0.208 e. The molecule has 0 fully saturated rings. The molecule has 1 atom stereocenters. The van der Waals surface area contributed by atoms with Gasteiger partial charge in [-0.1, -0.05) is 0 Å². The number of ether oxygens (including phenoxy) is 1. The second kappa shape index (κ2) is 6.68. The van der Waals surface area contributed by atoms with Crippen LogP contribution >= 0.6 is 0 Å². The van der Waals surface area contributed by atoms with E-state index in [1.165, 1.54) is 0 Å². The highest BCUT2D eigenvalue weighted by Crippen LogP contribution is 1.92. The number of nitrogens with zero attached hydrogens (tertiary/aromatic N) is 2. The van der Waals surface area contributed by atoms with Gasteiger partial charge < -0.3 is 9.64 Å². The van der Waals surface area contributed by atoms with E-state index >= 15 is 0 Å². The Hall–Kier alpha value is -0.810. The van der Waals surface area contributed by atoms with E-state index in [1.54, 1.807) is 7.11 Å². The zero-order valence-electron chi connectivity index (χ0n) is 8.87. The number of aliphatic imine (C=N–C) groups is 1. The topological polar surface area (TPSA) is 62.9 Å². The number of nitrogens with two attached hydrogens (primary N) is 1. The Morgan fingerprint density at radius 1 is 1.69 bits per heavy atom. The van der Waals surface area contributed by atoms with Crippen molar-refractivity contribution in [2.24, 2.45) is 10.8 Å². The standard InChI is InChI=1S/C8H20N4O/c1-5-12(3)8(11-9)10-7(2)6-13-4/h7H,5-6,9H2,1-4H3,(H,10,11). The Bertz CT molecular complexity index is 160. The van der Waals surface area contributed by atoms with Crippen LogP contribution in [0.3, 0.4) is 0 Å². The van der Waals surface area contributed by atoms with Crippen molar-refractivity contribution < 1.29 is 4.74 Å². The lowest BCUT2D eigenvalue weighted by atomic mass is 10.4. The summed E-state index contributed by atoms with van der Waals surface area (Å²) in [5, 5.41) is 0. The maximum absolute atomic E-state index is 5.33. The van der Waals surface area contributed by atoms with E-state index in [0.29, 0.717) is 12.6 Å². The molecule has 0 bridgehead atoms. The molecule has 3 N–H and O–H groups in total. The predicted octanol–water partition coefficient (Wildman–Crippen LogP) is -0.208. The van der Waals surface area contributed by atoms with Crippen molar-refractivity contribution in [1.29, 1.82) is 0 Å². The molecule has 0 aromatic carbocycles. The summed E-state index contributed by atoms with van der Waals surface area (Å²) in [4.78, 5) is 6.27. The molecule has 0 radical (unpaired) electrons. The third kappa shape index (κ3) is 4.69. The fraction of sp³-hybridized carbons (Fsp3) is 0.875. The predicted molar refractivity (Wildman–Crippen MR) is 54.4 cm³/mol. The summed E-state index contributed by atoms with van der Waals surface area (Å²) in [6, 6.07) is 0.116. The fourth-order valence-electron chi connectivity index (χ4n) is 0.883. The molecule has 0 aromatic rings. The summed E-state index contributed by atoms with van der Waals surface area (Å²) in [6.07, 6.45) is 0. The average molecular weight is 188 g/mol. The van der Waals surface area contributed by atoms with E-state index in [9.17, 15) is 0 Å². The smallest absolute Gasteiger partial charge is 0.208 e. The molecule has 0 heterocycles. The van der Waals surface area contributed by atoms with Crippen molar-refractivity contribution in [2.75, 3.05) is 27.3 Å². The Morgan fingerprint density at radius 2 is 2.31 bits per heavy atom. The quantitative estimate of drug-likeness (QED) is 0.277. The van der Waals surface area contributed by atoms with E-state index in [2.05, 4.69) is 10.4 Å². The summed E-state index contributed by atoms with van der Waals surface area (Å²) in [7, 11) is 3.59. The molecular formula is C8H20N4O. The normalized spacial score (nSPS) is 14.1. The van der Waals surface area contributed by atoms with Gasteiger partial charge in [-0.3, -0.25) is 5.43 Å². The van der Waals surface area contributed by atoms with E-state index in [1.807, 2.05) is 25.8 Å². The third-order valence-electron chi connectivity index (χ3n) is 1.72. The van der Waals surface area contributed by atoms with Gasteiger partial charge in [0, 0.05) is 20.7 Å². The molecule has 13 heavy (non-hydrogen) atoms. The van der Waals surface area contributed by atoms with Gasteiger partial charge in [0.25, 0.3) is 0 Å². The van der Waals surface area contributed by atoms with Gasteiger partial charge in [0.2, 0.25) is 5.96 Å². The van der Waals surface area contributed by atoms with Crippen LogP contribution in [0.4, 0.5) is 0 Å². The van der Waals surface area contributed by atoms with Crippen LogP contribution in [0.15, 0.2) is 4.99 Å². The van der Waals surface area contributed by atoms with Crippen LogP contribution in [-0.2, 0) is 4.74 Å². The van der Waals surface area contributed by atoms with Crippen molar-refractivity contribution in [1.82, 2.24) is 10.3 Å². The SMILES string of the molecule is CCN(C)C(=NC(C)COC)NN. The first-order chi connectivity index (χ1) is 6.15. The van der Waals surface area contributed by atoms with E-state index in [4.69, 9.17) is 10.6 Å². The van der Waals surface area contributed by atoms with E-state index in [-0.39, 0.29) is 6.04 Å². The van der Waals surface area contributed by atoms with Crippen molar-refractivity contribution in [3.05, 3.63) is 0 Å². The molecule has 0 aliphatic heterocycles. The molecule has 0 spiro atoms. The molecule has 0 aliphatic carbocycles. The Kier molecular flexibility index (Phi) is 6.26. The summed E-state index contributed by atoms with van der Waals surface area (Å²) in [5.41, 5.74) is 2.56. The van der Waals surface area contributed by atoms with Gasteiger partial charge in [0.1, 0.15) is 0 Å². The van der Waals surface area contributed by atoms with Crippen molar-refractivity contribution >= 4 is 5.96 Å². The van der Waals surface area contributed by atoms with Gasteiger partial charge in [-0.2, -0.15) is 0 Å². The second-order valence-corrected chi connectivity index (χ2v) is 2.92. The minimum absolute atomic E-state index is 0.116. The molecule has 0 aromatic heterocycles. The minimum Gasteiger partial charge on any atom is -0.382 e. The lowest BCUT2D eigenvalue weighted by molar-refractivity contribution is 0.185. The number of nitrogens with one attached hydrogen (secondary N) is 1. The largest absolute Gasteiger partial charge is 0.382 e. The molecule has 0 aliphatic rings. The minimum atomic E-state index is 0.116. The van der Waals surface area contributed by atoms with Crippen molar-refractivity contribution in [2.45, 2.75) is 19.9 Å². The first-order valence-corrected chi connectivity index (χ1v) is 4.40. The molecule has 78 valence electrons. The first-order valence-electron chi connectivity index (χ1n) is 4.40. The lowest BCUT2D eigenvalue weighted by Crippen LogP contribution is -2.43. The van der Waals surface area contributed by atoms with Crippen molar-refractivity contribution in [3.63, 3.8) is 0 Å². The van der Waals surface area contributed by atoms with E-state index in [0.717, 1.165) is 6.54 Å². The summed E-state index contributed by atoms with van der Waals surface area (Å²) in [6.45, 7) is 5.48. The molecular weight excluding hydrogens is 168 g/mol. The molecule has 0 saturated heterocycles. The third-order valence-corrected chi connectivity index (χ3v) is 1.72. The number of guanidine groups is 1. The van der Waals surface area contributed by atoms with Crippen LogP contribution in [0.2, 0.25) is 0 Å². The summed E-state index contributed by atoms with van der Waals surface area (Å²) < 4.78 is 4.97. The number of methoxy groups -OCH3 is 1. The monoisotopic (exact) mass is 188 g/mol. The first kappa shape index (κ1) is 12.2. The Labute approximate surface area is 79.9 Å². The van der Waals surface area contributed by atoms with Gasteiger partial charge in [-0.15, -0.1) is 0 Å². The van der Waals surface area contributed by atoms with Gasteiger partial charge in [-0.05, 0) is 13.8 Å². The van der Waals surface area contributed by atoms with Gasteiger partial charge in [0.05, 0.1) is 12.6 Å². The molecule has 5 nitrogen and oxygen atoms in total. The van der Waals surface area contributed by atoms with Crippen LogP contribution in [0.5, 0.6) is 0 Å². The number of hydrogen-bond donors (Lipinski definition) is 2. The Balaban J connectivity index is 4.19. The summed E-state index contributed by atoms with van der Waals surface area (Å²) >= 11 is 0. The molecule has 5 heteroatoms. The van der Waals surface area contributed by atoms with Crippen LogP contribution in [0.25, 0.3) is 0 Å². The molecule has 0 rings (SSSR count). The van der Waals surface area contributed by atoms with Crippen LogP contribution in [0.1, 0.15) is 13.8 Å². The second-order valence-electron chi connectivity index (χ2n) is 2.92. The van der Waals surface area contributed by atoms with Crippen LogP contribution < -0.4 is 11.3 Å².